The standard InChI is InChI=1S/C18H27N3O4/c1-18(2,3)21(17(22)23)14-4-6-20(7-5-14)12-13-10-15-16(11-19-13)25-9-8-24-15/h10-11,14H,4-9,12H2,1-3H3,(H,22,23). The zero-order valence-corrected chi connectivity index (χ0v) is 15.2. The van der Waals surface area contributed by atoms with Crippen molar-refractivity contribution in [2.75, 3.05) is 26.3 Å². The topological polar surface area (TPSA) is 75.1 Å². The Morgan fingerprint density at radius 1 is 1.28 bits per heavy atom. The van der Waals surface area contributed by atoms with E-state index in [-0.39, 0.29) is 11.6 Å². The maximum atomic E-state index is 11.6. The van der Waals surface area contributed by atoms with Crippen LogP contribution in [-0.4, -0.2) is 63.9 Å². The van der Waals surface area contributed by atoms with Gasteiger partial charge in [0, 0.05) is 37.3 Å². The van der Waals surface area contributed by atoms with E-state index < -0.39 is 6.09 Å². The lowest BCUT2D eigenvalue weighted by atomic mass is 9.97. The number of nitrogens with zero attached hydrogens (tertiary/aromatic N) is 3. The van der Waals surface area contributed by atoms with Gasteiger partial charge in [0.1, 0.15) is 13.2 Å². The number of ether oxygens (including phenoxy) is 2. The Morgan fingerprint density at radius 3 is 2.52 bits per heavy atom. The number of hydrogen-bond acceptors (Lipinski definition) is 5. The minimum atomic E-state index is -0.834. The van der Waals surface area contributed by atoms with Crippen molar-refractivity contribution < 1.29 is 19.4 Å². The second kappa shape index (κ2) is 7.07. The van der Waals surface area contributed by atoms with Gasteiger partial charge < -0.3 is 19.5 Å². The van der Waals surface area contributed by atoms with Gasteiger partial charge in [-0.05, 0) is 33.6 Å². The molecule has 7 heteroatoms. The highest BCUT2D eigenvalue weighted by Crippen LogP contribution is 2.30. The van der Waals surface area contributed by atoms with E-state index in [1.54, 1.807) is 11.1 Å². The Hall–Kier alpha value is -2.02. The third-order valence-corrected chi connectivity index (χ3v) is 4.72. The summed E-state index contributed by atoms with van der Waals surface area (Å²) in [4.78, 5) is 20.0. The maximum absolute atomic E-state index is 11.6. The number of aromatic nitrogens is 1. The van der Waals surface area contributed by atoms with Gasteiger partial charge in [0.15, 0.2) is 11.5 Å². The lowest BCUT2D eigenvalue weighted by molar-refractivity contribution is 0.0406. The maximum Gasteiger partial charge on any atom is 0.407 e. The first-order chi connectivity index (χ1) is 11.8. The molecule has 0 aromatic carbocycles. The van der Waals surface area contributed by atoms with Gasteiger partial charge in [0.25, 0.3) is 0 Å². The Kier molecular flexibility index (Phi) is 5.03. The van der Waals surface area contributed by atoms with Gasteiger partial charge >= 0.3 is 6.09 Å². The predicted octanol–water partition coefficient (Wildman–Crippen LogP) is 2.60. The van der Waals surface area contributed by atoms with E-state index in [1.807, 2.05) is 26.8 Å². The van der Waals surface area contributed by atoms with Crippen molar-refractivity contribution in [1.29, 1.82) is 0 Å². The van der Waals surface area contributed by atoms with Crippen LogP contribution >= 0.6 is 0 Å². The fraction of sp³-hybridized carbons (Fsp3) is 0.667. The van der Waals surface area contributed by atoms with E-state index in [1.165, 1.54) is 0 Å². The van der Waals surface area contributed by atoms with E-state index in [0.29, 0.717) is 19.0 Å². The molecule has 1 aromatic rings. The van der Waals surface area contributed by atoms with E-state index in [9.17, 15) is 9.90 Å². The predicted molar refractivity (Wildman–Crippen MR) is 93.1 cm³/mol. The van der Waals surface area contributed by atoms with Crippen LogP contribution in [0.4, 0.5) is 4.79 Å². The lowest BCUT2D eigenvalue weighted by Crippen LogP contribution is -2.54. The number of amides is 1. The fourth-order valence-electron chi connectivity index (χ4n) is 3.63. The van der Waals surface area contributed by atoms with E-state index in [4.69, 9.17) is 9.47 Å². The van der Waals surface area contributed by atoms with Crippen LogP contribution in [-0.2, 0) is 6.54 Å². The molecule has 0 unspecified atom stereocenters. The van der Waals surface area contributed by atoms with Crippen LogP contribution in [0.15, 0.2) is 12.3 Å². The molecule has 0 spiro atoms. The second-order valence-electron chi connectivity index (χ2n) is 7.65. The Bertz CT molecular complexity index is 621. The smallest absolute Gasteiger partial charge is 0.407 e. The summed E-state index contributed by atoms with van der Waals surface area (Å²) in [5, 5.41) is 9.55. The van der Waals surface area contributed by atoms with Crippen molar-refractivity contribution >= 4 is 6.09 Å². The molecule has 3 rings (SSSR count). The molecule has 0 aliphatic carbocycles. The van der Waals surface area contributed by atoms with Crippen molar-refractivity contribution in [2.45, 2.75) is 51.7 Å². The first-order valence-electron chi connectivity index (χ1n) is 8.84. The number of fused-ring (bicyclic) bond motifs is 1. The number of likely N-dealkylation sites (tertiary alicyclic amines) is 1. The van der Waals surface area contributed by atoms with Crippen LogP contribution in [0.25, 0.3) is 0 Å². The molecular formula is C18H27N3O4. The molecule has 2 aliphatic heterocycles. The number of pyridine rings is 1. The van der Waals surface area contributed by atoms with Gasteiger partial charge in [-0.15, -0.1) is 0 Å². The third kappa shape index (κ3) is 4.15. The lowest BCUT2D eigenvalue weighted by Gasteiger charge is -2.43. The molecule has 0 radical (unpaired) electrons. The summed E-state index contributed by atoms with van der Waals surface area (Å²) in [5.41, 5.74) is 0.574. The molecule has 2 aliphatic rings. The van der Waals surface area contributed by atoms with Gasteiger partial charge in [0.05, 0.1) is 11.9 Å². The molecular weight excluding hydrogens is 322 g/mol. The number of piperidine rings is 1. The summed E-state index contributed by atoms with van der Waals surface area (Å²) in [6.07, 6.45) is 2.57. The van der Waals surface area contributed by atoms with Gasteiger partial charge in [-0.1, -0.05) is 0 Å². The molecule has 1 amide bonds. The van der Waals surface area contributed by atoms with Crippen molar-refractivity contribution in [3.63, 3.8) is 0 Å². The summed E-state index contributed by atoms with van der Waals surface area (Å²) < 4.78 is 11.1. The molecule has 0 atom stereocenters. The molecule has 0 saturated carbocycles. The van der Waals surface area contributed by atoms with Crippen LogP contribution in [0.3, 0.4) is 0 Å². The number of carboxylic acid groups (broad SMARTS) is 1. The van der Waals surface area contributed by atoms with Crippen LogP contribution < -0.4 is 9.47 Å². The Morgan fingerprint density at radius 2 is 1.92 bits per heavy atom. The van der Waals surface area contributed by atoms with Crippen molar-refractivity contribution in [2.24, 2.45) is 0 Å². The number of rotatable bonds is 3. The minimum absolute atomic E-state index is 0.0713. The van der Waals surface area contributed by atoms with Crippen LogP contribution in [0.5, 0.6) is 11.5 Å². The zero-order chi connectivity index (χ0) is 18.0. The van der Waals surface area contributed by atoms with E-state index in [2.05, 4.69) is 9.88 Å². The largest absolute Gasteiger partial charge is 0.486 e. The monoisotopic (exact) mass is 349 g/mol. The highest BCUT2D eigenvalue weighted by atomic mass is 16.6. The van der Waals surface area contributed by atoms with Gasteiger partial charge in [-0.3, -0.25) is 9.88 Å². The quantitative estimate of drug-likeness (QED) is 0.904. The first-order valence-corrected chi connectivity index (χ1v) is 8.84. The molecule has 7 nitrogen and oxygen atoms in total. The summed E-state index contributed by atoms with van der Waals surface area (Å²) in [5.74, 6) is 1.46. The molecule has 1 aromatic heterocycles. The summed E-state index contributed by atoms with van der Waals surface area (Å²) in [6.45, 7) is 9.45. The van der Waals surface area contributed by atoms with Crippen molar-refractivity contribution in [3.05, 3.63) is 18.0 Å². The molecule has 0 bridgehead atoms. The highest BCUT2D eigenvalue weighted by molar-refractivity contribution is 5.66. The van der Waals surface area contributed by atoms with Crippen LogP contribution in [0, 0.1) is 0 Å². The molecule has 25 heavy (non-hydrogen) atoms. The van der Waals surface area contributed by atoms with Crippen LogP contribution in [0.1, 0.15) is 39.3 Å². The third-order valence-electron chi connectivity index (χ3n) is 4.72. The Labute approximate surface area is 148 Å². The highest BCUT2D eigenvalue weighted by Gasteiger charge is 2.35. The van der Waals surface area contributed by atoms with Crippen molar-refractivity contribution in [1.82, 2.24) is 14.8 Å². The molecule has 1 fully saturated rings. The second-order valence-corrected chi connectivity index (χ2v) is 7.65. The summed E-state index contributed by atoms with van der Waals surface area (Å²) in [6, 6.07) is 2.02. The SMILES string of the molecule is CC(C)(C)N(C(=O)O)C1CCN(Cc2cc3c(cn2)OCCO3)CC1. The minimum Gasteiger partial charge on any atom is -0.486 e. The molecule has 1 saturated heterocycles. The van der Waals surface area contributed by atoms with Gasteiger partial charge in [-0.2, -0.15) is 0 Å². The summed E-state index contributed by atoms with van der Waals surface area (Å²) in [7, 11) is 0. The average Bonchev–Trinajstić information content (AvgIpc) is 2.55. The molecule has 1 N–H and O–H groups in total. The van der Waals surface area contributed by atoms with Crippen molar-refractivity contribution in [3.8, 4) is 11.5 Å². The van der Waals surface area contributed by atoms with E-state index in [0.717, 1.165) is 43.9 Å². The molecule has 3 heterocycles. The average molecular weight is 349 g/mol. The Balaban J connectivity index is 1.58. The zero-order valence-electron chi connectivity index (χ0n) is 15.2. The normalized spacial score (nSPS) is 18.8. The fourth-order valence-corrected chi connectivity index (χ4v) is 3.63. The van der Waals surface area contributed by atoms with Crippen LogP contribution in [0.2, 0.25) is 0 Å². The molecule has 138 valence electrons. The summed E-state index contributed by atoms with van der Waals surface area (Å²) >= 11 is 0. The number of carbonyl (C=O) groups is 1. The van der Waals surface area contributed by atoms with Gasteiger partial charge in [0.2, 0.25) is 0 Å². The van der Waals surface area contributed by atoms with Gasteiger partial charge in [-0.25, -0.2) is 4.79 Å². The number of hydrogen-bond donors (Lipinski definition) is 1. The van der Waals surface area contributed by atoms with E-state index >= 15 is 0 Å². The first kappa shape index (κ1) is 17.8.